The average molecular weight is 365 g/mol. The van der Waals surface area contributed by atoms with Gasteiger partial charge in [0.25, 0.3) is 5.95 Å². The maximum atomic E-state index is 11.9. The molecule has 0 aliphatic heterocycles. The highest BCUT2D eigenvalue weighted by Gasteiger charge is 2.22. The topological polar surface area (TPSA) is 136 Å². The Morgan fingerprint density at radius 2 is 1.88 bits per heavy atom. The molecule has 0 aliphatic rings. The number of phenolic OH excluding ortho intramolecular Hbond substituents is 1. The summed E-state index contributed by atoms with van der Waals surface area (Å²) in [5, 5.41) is 26.9. The van der Waals surface area contributed by atoms with Crippen LogP contribution in [-0.2, 0) is 14.3 Å². The quantitative estimate of drug-likeness (QED) is 0.152. The molecule has 0 saturated heterocycles. The highest BCUT2D eigenvalue weighted by atomic mass is 16.6. The molecule has 4 N–H and O–H groups in total. The minimum atomic E-state index is -0.877. The lowest BCUT2D eigenvalue weighted by molar-refractivity contribution is -0.138. The Hall–Kier alpha value is -3.23. The zero-order chi connectivity index (χ0) is 19.5. The van der Waals surface area contributed by atoms with Crippen LogP contribution in [0.25, 0.3) is 0 Å². The van der Waals surface area contributed by atoms with Gasteiger partial charge in [-0.15, -0.1) is 5.10 Å². The molecule has 9 heteroatoms. The summed E-state index contributed by atoms with van der Waals surface area (Å²) in [6.45, 7) is 5.64. The number of nitrogens with zero attached hydrogens (tertiary/aromatic N) is 2. The second-order valence-corrected chi connectivity index (χ2v) is 4.72. The lowest BCUT2D eigenvalue weighted by Crippen LogP contribution is -2.25. The number of benzene rings is 1. The normalized spacial score (nSPS) is 12.7. The number of carbonyl (C=O) groups is 1. The number of aliphatic hydroxyl groups is 1. The number of phenols is 1. The Balaban J connectivity index is 3.06. The van der Waals surface area contributed by atoms with Gasteiger partial charge < -0.3 is 30.2 Å². The van der Waals surface area contributed by atoms with E-state index >= 15 is 0 Å². The lowest BCUT2D eigenvalue weighted by Gasteiger charge is -2.08. The second kappa shape index (κ2) is 10.6. The SMILES string of the molecule is CCOC(=O)C(/C(N)=N\N=C\c1ccc(O)c(OCC)c1)=C(\O)OCC. The first-order valence-electron chi connectivity index (χ1n) is 8.00. The number of carbonyl (C=O) groups excluding carboxylic acids is 1. The van der Waals surface area contributed by atoms with Crippen molar-refractivity contribution >= 4 is 18.0 Å². The van der Waals surface area contributed by atoms with E-state index in [2.05, 4.69) is 10.2 Å². The monoisotopic (exact) mass is 365 g/mol. The molecule has 0 heterocycles. The molecule has 0 atom stereocenters. The van der Waals surface area contributed by atoms with Gasteiger partial charge in [0, 0.05) is 0 Å². The van der Waals surface area contributed by atoms with E-state index in [1.807, 2.05) is 0 Å². The van der Waals surface area contributed by atoms with E-state index in [1.54, 1.807) is 32.9 Å². The molecule has 0 amide bonds. The molecule has 0 aliphatic carbocycles. The highest BCUT2D eigenvalue weighted by molar-refractivity contribution is 6.18. The van der Waals surface area contributed by atoms with Crippen LogP contribution in [0, 0.1) is 0 Å². The minimum absolute atomic E-state index is 0.00109. The summed E-state index contributed by atoms with van der Waals surface area (Å²) in [7, 11) is 0. The highest BCUT2D eigenvalue weighted by Crippen LogP contribution is 2.26. The molecule has 0 saturated carbocycles. The van der Waals surface area contributed by atoms with E-state index in [4.69, 9.17) is 19.9 Å². The summed E-state index contributed by atoms with van der Waals surface area (Å²) in [5.41, 5.74) is 5.89. The standard InChI is InChI=1S/C17H23N3O6/c1-4-24-13-9-11(7-8-12(13)21)10-19-20-15(18)14(16(22)25-5-2)17(23)26-6-3/h7-10,21-22H,4-6H2,1-3H3,(H2,18,20)/b16-14+,19-10+. The number of aromatic hydroxyl groups is 1. The van der Waals surface area contributed by atoms with Crippen molar-refractivity contribution < 1.29 is 29.2 Å². The van der Waals surface area contributed by atoms with Gasteiger partial charge >= 0.3 is 5.97 Å². The zero-order valence-corrected chi connectivity index (χ0v) is 14.9. The second-order valence-electron chi connectivity index (χ2n) is 4.72. The Bertz CT molecular complexity index is 712. The van der Waals surface area contributed by atoms with Gasteiger partial charge in [-0.3, -0.25) is 0 Å². The van der Waals surface area contributed by atoms with Crippen LogP contribution in [0.4, 0.5) is 0 Å². The van der Waals surface area contributed by atoms with Crippen molar-refractivity contribution in [1.29, 1.82) is 0 Å². The van der Waals surface area contributed by atoms with Crippen molar-refractivity contribution in [3.63, 3.8) is 0 Å². The number of aliphatic hydroxyl groups excluding tert-OH is 1. The first kappa shape index (κ1) is 20.8. The van der Waals surface area contributed by atoms with Crippen LogP contribution in [0.2, 0.25) is 0 Å². The fourth-order valence-electron chi connectivity index (χ4n) is 1.80. The van der Waals surface area contributed by atoms with Gasteiger partial charge in [0.15, 0.2) is 22.9 Å². The molecule has 1 rings (SSSR count). The Labute approximate surface area is 151 Å². The maximum Gasteiger partial charge on any atom is 0.349 e. The number of amidine groups is 1. The van der Waals surface area contributed by atoms with Crippen molar-refractivity contribution in [2.75, 3.05) is 19.8 Å². The molecule has 1 aromatic rings. The first-order chi connectivity index (χ1) is 12.4. The predicted octanol–water partition coefficient (Wildman–Crippen LogP) is 1.85. The van der Waals surface area contributed by atoms with Crippen molar-refractivity contribution in [2.45, 2.75) is 20.8 Å². The van der Waals surface area contributed by atoms with Crippen LogP contribution >= 0.6 is 0 Å². The number of hydrogen-bond acceptors (Lipinski definition) is 8. The molecule has 1 aromatic carbocycles. The van der Waals surface area contributed by atoms with Gasteiger partial charge in [-0.25, -0.2) is 4.79 Å². The molecule has 0 aromatic heterocycles. The third kappa shape index (κ3) is 6.00. The van der Waals surface area contributed by atoms with Crippen molar-refractivity contribution in [3.05, 3.63) is 35.3 Å². The van der Waals surface area contributed by atoms with Gasteiger partial charge in [-0.05, 0) is 44.5 Å². The van der Waals surface area contributed by atoms with Crippen LogP contribution in [0.15, 0.2) is 39.9 Å². The van der Waals surface area contributed by atoms with Crippen molar-refractivity contribution in [3.8, 4) is 11.5 Å². The molecule has 9 nitrogen and oxygen atoms in total. The number of hydrogen-bond donors (Lipinski definition) is 3. The number of rotatable bonds is 9. The van der Waals surface area contributed by atoms with Gasteiger partial charge in [0.05, 0.1) is 26.0 Å². The molecular weight excluding hydrogens is 342 g/mol. The van der Waals surface area contributed by atoms with Crippen LogP contribution < -0.4 is 10.5 Å². The van der Waals surface area contributed by atoms with E-state index in [0.29, 0.717) is 17.9 Å². The van der Waals surface area contributed by atoms with E-state index in [-0.39, 0.29) is 24.8 Å². The summed E-state index contributed by atoms with van der Waals surface area (Å²) in [4.78, 5) is 11.9. The lowest BCUT2D eigenvalue weighted by atomic mass is 10.2. The zero-order valence-electron chi connectivity index (χ0n) is 14.9. The summed E-state index contributed by atoms with van der Waals surface area (Å²) >= 11 is 0. The largest absolute Gasteiger partial charge is 0.504 e. The third-order valence-electron chi connectivity index (χ3n) is 2.89. The molecule has 0 spiro atoms. The summed E-state index contributed by atoms with van der Waals surface area (Å²) in [6.07, 6.45) is 1.34. The molecular formula is C17H23N3O6. The Morgan fingerprint density at radius 3 is 2.50 bits per heavy atom. The average Bonchev–Trinajstić information content (AvgIpc) is 2.58. The molecule has 26 heavy (non-hydrogen) atoms. The van der Waals surface area contributed by atoms with Gasteiger partial charge in [-0.2, -0.15) is 5.10 Å². The summed E-state index contributed by atoms with van der Waals surface area (Å²) in [6, 6.07) is 4.60. The predicted molar refractivity (Wildman–Crippen MR) is 96.4 cm³/mol. The minimum Gasteiger partial charge on any atom is -0.504 e. The molecule has 0 radical (unpaired) electrons. The number of nitrogens with two attached hydrogens (primary N) is 1. The molecule has 0 unspecified atom stereocenters. The first-order valence-corrected chi connectivity index (χ1v) is 8.00. The summed E-state index contributed by atoms with van der Waals surface area (Å²) in [5.74, 6) is -1.63. The third-order valence-corrected chi connectivity index (χ3v) is 2.89. The van der Waals surface area contributed by atoms with Gasteiger partial charge in [0.1, 0.15) is 0 Å². The Morgan fingerprint density at radius 1 is 1.19 bits per heavy atom. The van der Waals surface area contributed by atoms with E-state index in [1.165, 1.54) is 12.3 Å². The van der Waals surface area contributed by atoms with Crippen LogP contribution in [0.3, 0.4) is 0 Å². The number of ether oxygens (including phenoxy) is 3. The smallest absolute Gasteiger partial charge is 0.349 e. The maximum absolute atomic E-state index is 11.9. The fraction of sp³-hybridized carbons (Fsp3) is 0.353. The molecule has 0 fully saturated rings. The molecule has 0 bridgehead atoms. The van der Waals surface area contributed by atoms with E-state index < -0.39 is 17.5 Å². The van der Waals surface area contributed by atoms with Crippen LogP contribution in [-0.4, -0.2) is 48.1 Å². The number of esters is 1. The molecule has 142 valence electrons. The van der Waals surface area contributed by atoms with E-state index in [0.717, 1.165) is 0 Å². The van der Waals surface area contributed by atoms with Crippen molar-refractivity contribution in [2.24, 2.45) is 15.9 Å². The summed E-state index contributed by atoms with van der Waals surface area (Å²) < 4.78 is 15.0. The fourth-order valence-corrected chi connectivity index (χ4v) is 1.80. The van der Waals surface area contributed by atoms with Crippen molar-refractivity contribution in [1.82, 2.24) is 0 Å². The van der Waals surface area contributed by atoms with Crippen LogP contribution in [0.1, 0.15) is 26.3 Å². The van der Waals surface area contributed by atoms with Gasteiger partial charge in [0.2, 0.25) is 0 Å². The van der Waals surface area contributed by atoms with Gasteiger partial charge in [-0.1, -0.05) is 0 Å². The van der Waals surface area contributed by atoms with E-state index in [9.17, 15) is 15.0 Å². The Kier molecular flexibility index (Phi) is 8.48. The van der Waals surface area contributed by atoms with Crippen LogP contribution in [0.5, 0.6) is 11.5 Å².